The largest absolute Gasteiger partial charge is 0.392 e. The third-order valence-electron chi connectivity index (χ3n) is 2.52. The molecule has 0 amide bonds. The molecule has 0 radical (unpaired) electrons. The summed E-state index contributed by atoms with van der Waals surface area (Å²) in [4.78, 5) is 2.23. The Morgan fingerprint density at radius 3 is 3.13 bits per heavy atom. The number of anilines is 1. The molecule has 0 aromatic carbocycles. The Morgan fingerprint density at radius 1 is 1.60 bits per heavy atom. The lowest BCUT2D eigenvalue weighted by atomic mass is 10.1. The van der Waals surface area contributed by atoms with Crippen LogP contribution in [-0.4, -0.2) is 46.4 Å². The number of nitrogens with one attached hydrogen (secondary N) is 1. The van der Waals surface area contributed by atoms with Crippen molar-refractivity contribution in [1.82, 2.24) is 15.1 Å². The topological polar surface area (TPSA) is 61.3 Å². The fourth-order valence-corrected chi connectivity index (χ4v) is 2.52. The minimum atomic E-state index is -0.171. The first-order valence-electron chi connectivity index (χ1n) is 5.18. The number of piperidine rings is 1. The quantitative estimate of drug-likeness (QED) is 0.790. The van der Waals surface area contributed by atoms with Gasteiger partial charge >= 0.3 is 0 Å². The Kier molecular flexibility index (Phi) is 3.50. The number of β-amino-alcohol motifs (C(OH)–C–C–N with tert-alkyl or cyclic N) is 1. The van der Waals surface area contributed by atoms with Crippen molar-refractivity contribution in [2.75, 3.05) is 25.5 Å². The van der Waals surface area contributed by atoms with Gasteiger partial charge in [-0.05, 0) is 19.4 Å². The van der Waals surface area contributed by atoms with Gasteiger partial charge in [-0.1, -0.05) is 11.3 Å². The fraction of sp³-hybridized carbons (Fsp3) is 0.778. The SMILES string of the molecule is CNc1nnc(CN2CCCC(O)C2)s1. The normalized spacial score (nSPS) is 22.9. The molecule has 5 nitrogen and oxygen atoms in total. The van der Waals surface area contributed by atoms with E-state index in [1.54, 1.807) is 11.3 Å². The Hall–Kier alpha value is -0.720. The molecule has 84 valence electrons. The third-order valence-corrected chi connectivity index (χ3v) is 3.45. The number of aliphatic hydroxyl groups excluding tert-OH is 1. The summed E-state index contributed by atoms with van der Waals surface area (Å²) in [7, 11) is 1.84. The van der Waals surface area contributed by atoms with Crippen molar-refractivity contribution in [2.24, 2.45) is 0 Å². The molecule has 2 N–H and O–H groups in total. The zero-order valence-electron chi connectivity index (χ0n) is 8.81. The van der Waals surface area contributed by atoms with E-state index in [9.17, 15) is 5.11 Å². The second-order valence-corrected chi connectivity index (χ2v) is 4.84. The van der Waals surface area contributed by atoms with Crippen molar-refractivity contribution >= 4 is 16.5 Å². The average molecular weight is 228 g/mol. The predicted molar refractivity (Wildman–Crippen MR) is 60.0 cm³/mol. The molecule has 1 atom stereocenters. The molecule has 6 heteroatoms. The van der Waals surface area contributed by atoms with Gasteiger partial charge in [0.25, 0.3) is 0 Å². The summed E-state index contributed by atoms with van der Waals surface area (Å²) in [5.74, 6) is 0. The van der Waals surface area contributed by atoms with Crippen LogP contribution >= 0.6 is 11.3 Å². The number of nitrogens with zero attached hydrogens (tertiary/aromatic N) is 3. The highest BCUT2D eigenvalue weighted by Crippen LogP contribution is 2.18. The maximum absolute atomic E-state index is 9.52. The van der Waals surface area contributed by atoms with E-state index in [0.717, 1.165) is 42.6 Å². The van der Waals surface area contributed by atoms with Crippen LogP contribution in [0.15, 0.2) is 0 Å². The van der Waals surface area contributed by atoms with Crippen molar-refractivity contribution in [3.05, 3.63) is 5.01 Å². The van der Waals surface area contributed by atoms with Gasteiger partial charge in [-0.15, -0.1) is 10.2 Å². The van der Waals surface area contributed by atoms with Crippen LogP contribution < -0.4 is 5.32 Å². The van der Waals surface area contributed by atoms with Gasteiger partial charge in [-0.3, -0.25) is 4.90 Å². The van der Waals surface area contributed by atoms with Crippen LogP contribution in [0.4, 0.5) is 5.13 Å². The maximum Gasteiger partial charge on any atom is 0.205 e. The number of hydrogen-bond acceptors (Lipinski definition) is 6. The minimum absolute atomic E-state index is 0.171. The first kappa shape index (κ1) is 10.8. The highest BCUT2D eigenvalue weighted by Gasteiger charge is 2.18. The lowest BCUT2D eigenvalue weighted by Crippen LogP contribution is -2.37. The van der Waals surface area contributed by atoms with Crippen molar-refractivity contribution in [3.63, 3.8) is 0 Å². The Balaban J connectivity index is 1.90. The van der Waals surface area contributed by atoms with Gasteiger partial charge in [0.05, 0.1) is 12.6 Å². The zero-order chi connectivity index (χ0) is 10.7. The zero-order valence-corrected chi connectivity index (χ0v) is 9.63. The van der Waals surface area contributed by atoms with E-state index in [0.29, 0.717) is 0 Å². The smallest absolute Gasteiger partial charge is 0.205 e. The van der Waals surface area contributed by atoms with Gasteiger partial charge in [0, 0.05) is 13.6 Å². The lowest BCUT2D eigenvalue weighted by molar-refractivity contribution is 0.0667. The molecule has 1 saturated heterocycles. The second kappa shape index (κ2) is 4.87. The molecule has 15 heavy (non-hydrogen) atoms. The Bertz CT molecular complexity index is 317. The average Bonchev–Trinajstić information content (AvgIpc) is 2.65. The van der Waals surface area contributed by atoms with Gasteiger partial charge in [0.1, 0.15) is 5.01 Å². The molecule has 0 bridgehead atoms. The van der Waals surface area contributed by atoms with Gasteiger partial charge in [0.15, 0.2) is 0 Å². The third kappa shape index (κ3) is 2.87. The van der Waals surface area contributed by atoms with Crippen molar-refractivity contribution in [2.45, 2.75) is 25.5 Å². The van der Waals surface area contributed by atoms with E-state index in [1.165, 1.54) is 0 Å². The summed E-state index contributed by atoms with van der Waals surface area (Å²) < 4.78 is 0. The highest BCUT2D eigenvalue weighted by atomic mass is 32.1. The molecule has 1 fully saturated rings. The van der Waals surface area contributed by atoms with Crippen molar-refractivity contribution in [3.8, 4) is 0 Å². The second-order valence-electron chi connectivity index (χ2n) is 3.78. The molecule has 1 aliphatic rings. The van der Waals surface area contributed by atoms with Gasteiger partial charge < -0.3 is 10.4 Å². The molecule has 0 saturated carbocycles. The van der Waals surface area contributed by atoms with Gasteiger partial charge in [-0.25, -0.2) is 0 Å². The number of aromatic nitrogens is 2. The molecule has 1 unspecified atom stereocenters. The summed E-state index contributed by atoms with van der Waals surface area (Å²) in [6, 6.07) is 0. The van der Waals surface area contributed by atoms with E-state index in [2.05, 4.69) is 20.4 Å². The molecule has 2 heterocycles. The molecule has 0 spiro atoms. The molecule has 1 aromatic rings. The molecule has 2 rings (SSSR count). The summed E-state index contributed by atoms with van der Waals surface area (Å²) in [6.45, 7) is 2.61. The van der Waals surface area contributed by atoms with Crippen molar-refractivity contribution in [1.29, 1.82) is 0 Å². The minimum Gasteiger partial charge on any atom is -0.392 e. The Labute approximate surface area is 93.1 Å². The van der Waals surface area contributed by atoms with Crippen LogP contribution in [-0.2, 0) is 6.54 Å². The number of hydrogen-bond donors (Lipinski definition) is 2. The van der Waals surface area contributed by atoms with Crippen LogP contribution in [0.2, 0.25) is 0 Å². The summed E-state index contributed by atoms with van der Waals surface area (Å²) >= 11 is 1.57. The van der Waals surface area contributed by atoms with Crippen LogP contribution in [0, 0.1) is 0 Å². The number of rotatable bonds is 3. The summed E-state index contributed by atoms with van der Waals surface area (Å²) in [5, 5.41) is 22.4. The van der Waals surface area contributed by atoms with Gasteiger partial charge in [-0.2, -0.15) is 0 Å². The standard InChI is InChI=1S/C9H16N4OS/c1-10-9-12-11-8(15-9)6-13-4-2-3-7(14)5-13/h7,14H,2-6H2,1H3,(H,10,12). The van der Waals surface area contributed by atoms with Crippen LogP contribution in [0.5, 0.6) is 0 Å². The Morgan fingerprint density at radius 2 is 2.47 bits per heavy atom. The first-order chi connectivity index (χ1) is 7.28. The van der Waals surface area contributed by atoms with Crippen LogP contribution in [0.1, 0.15) is 17.8 Å². The first-order valence-corrected chi connectivity index (χ1v) is 6.00. The van der Waals surface area contributed by atoms with E-state index >= 15 is 0 Å². The van der Waals surface area contributed by atoms with Crippen LogP contribution in [0.25, 0.3) is 0 Å². The van der Waals surface area contributed by atoms with Crippen LogP contribution in [0.3, 0.4) is 0 Å². The van der Waals surface area contributed by atoms with E-state index < -0.39 is 0 Å². The monoisotopic (exact) mass is 228 g/mol. The van der Waals surface area contributed by atoms with Crippen molar-refractivity contribution < 1.29 is 5.11 Å². The fourth-order valence-electron chi connectivity index (χ4n) is 1.78. The highest BCUT2D eigenvalue weighted by molar-refractivity contribution is 7.15. The maximum atomic E-state index is 9.52. The van der Waals surface area contributed by atoms with E-state index in [1.807, 2.05) is 7.05 Å². The van der Waals surface area contributed by atoms with E-state index in [-0.39, 0.29) is 6.10 Å². The lowest BCUT2D eigenvalue weighted by Gasteiger charge is -2.28. The van der Waals surface area contributed by atoms with E-state index in [4.69, 9.17) is 0 Å². The molecular weight excluding hydrogens is 212 g/mol. The predicted octanol–water partition coefficient (Wildman–Crippen LogP) is 0.536. The summed E-state index contributed by atoms with van der Waals surface area (Å²) in [6.07, 6.45) is 1.82. The number of aliphatic hydroxyl groups is 1. The van der Waals surface area contributed by atoms with Gasteiger partial charge in [0.2, 0.25) is 5.13 Å². The number of likely N-dealkylation sites (tertiary alicyclic amines) is 1. The molecular formula is C9H16N4OS. The molecule has 0 aliphatic carbocycles. The summed E-state index contributed by atoms with van der Waals surface area (Å²) in [5.41, 5.74) is 0. The molecule has 1 aliphatic heterocycles. The molecule has 1 aromatic heterocycles.